The molecule has 50 heavy (non-hydrogen) atoms. The highest BCUT2D eigenvalue weighted by molar-refractivity contribution is 6.15. The van der Waals surface area contributed by atoms with E-state index in [0.717, 1.165) is 77.2 Å². The number of hydrogen-bond acceptors (Lipinski definition) is 3. The SMILES string of the molecule is N#Cc1cccc(-n2c3ccc(C#N)cc3c3cccc(-c4ccccc4-c4ccccc4-n4c5ccccc5c5cc(C#N)ccc54)c32)c1. The van der Waals surface area contributed by atoms with Gasteiger partial charge in [0.25, 0.3) is 0 Å². The number of nitriles is 3. The zero-order chi connectivity index (χ0) is 33.8. The third-order valence-electron chi connectivity index (χ3n) is 9.60. The second-order valence-corrected chi connectivity index (χ2v) is 12.3. The summed E-state index contributed by atoms with van der Waals surface area (Å²) in [4.78, 5) is 0. The standard InChI is InChI=1S/C45H25N5/c46-26-29-9-7-10-32(23-29)49-43-21-19-31(28-48)25-40(43)38-16-8-15-37(45(38)49)34-12-2-1-11-33(34)35-13-3-5-17-41(35)50-42-18-6-4-14-36(42)39-24-30(27-47)20-22-44(39)50/h1-25H. The van der Waals surface area contributed by atoms with Gasteiger partial charge in [0.1, 0.15) is 0 Å². The van der Waals surface area contributed by atoms with Crippen molar-refractivity contribution in [3.63, 3.8) is 0 Å². The molecule has 0 aliphatic rings. The highest BCUT2D eigenvalue weighted by Gasteiger charge is 2.21. The summed E-state index contributed by atoms with van der Waals surface area (Å²) in [6.07, 6.45) is 0. The van der Waals surface area contributed by atoms with Crippen molar-refractivity contribution in [3.05, 3.63) is 168 Å². The van der Waals surface area contributed by atoms with E-state index >= 15 is 0 Å². The molecule has 0 aliphatic carbocycles. The molecule has 0 spiro atoms. The van der Waals surface area contributed by atoms with Gasteiger partial charge in [0.05, 0.1) is 62.7 Å². The van der Waals surface area contributed by atoms with Gasteiger partial charge < -0.3 is 9.13 Å². The lowest BCUT2D eigenvalue weighted by molar-refractivity contribution is 1.17. The molecule has 0 saturated carbocycles. The average Bonchev–Trinajstić information content (AvgIpc) is 3.70. The van der Waals surface area contributed by atoms with Crippen LogP contribution in [0, 0.1) is 34.0 Å². The van der Waals surface area contributed by atoms with Gasteiger partial charge in [-0.3, -0.25) is 0 Å². The molecule has 5 nitrogen and oxygen atoms in total. The van der Waals surface area contributed by atoms with Crippen LogP contribution in [0.15, 0.2) is 152 Å². The fourth-order valence-electron chi connectivity index (χ4n) is 7.49. The molecule has 0 aliphatic heterocycles. The van der Waals surface area contributed by atoms with Gasteiger partial charge >= 0.3 is 0 Å². The second-order valence-electron chi connectivity index (χ2n) is 12.3. The first kappa shape index (κ1) is 28.8. The molecule has 9 rings (SSSR count). The van der Waals surface area contributed by atoms with Crippen molar-refractivity contribution >= 4 is 43.6 Å². The van der Waals surface area contributed by atoms with Crippen molar-refractivity contribution in [1.29, 1.82) is 15.8 Å². The van der Waals surface area contributed by atoms with E-state index < -0.39 is 0 Å². The molecule has 0 amide bonds. The largest absolute Gasteiger partial charge is 0.309 e. The van der Waals surface area contributed by atoms with Crippen LogP contribution in [0.1, 0.15) is 16.7 Å². The lowest BCUT2D eigenvalue weighted by Crippen LogP contribution is -1.99. The molecule has 0 N–H and O–H groups in total. The topological polar surface area (TPSA) is 81.2 Å². The van der Waals surface area contributed by atoms with Gasteiger partial charge in [-0.2, -0.15) is 15.8 Å². The molecule has 0 fully saturated rings. The monoisotopic (exact) mass is 635 g/mol. The fourth-order valence-corrected chi connectivity index (χ4v) is 7.49. The molecule has 2 aromatic heterocycles. The lowest BCUT2D eigenvalue weighted by Gasteiger charge is -2.18. The molecule has 0 bridgehead atoms. The van der Waals surface area contributed by atoms with E-state index in [4.69, 9.17) is 0 Å². The van der Waals surface area contributed by atoms with Crippen molar-refractivity contribution in [1.82, 2.24) is 9.13 Å². The summed E-state index contributed by atoms with van der Waals surface area (Å²) in [5, 5.41) is 33.4. The Morgan fingerprint density at radius 3 is 1.62 bits per heavy atom. The van der Waals surface area contributed by atoms with Gasteiger partial charge in [-0.1, -0.05) is 84.9 Å². The molecule has 5 heteroatoms. The third-order valence-corrected chi connectivity index (χ3v) is 9.60. The number of nitrogens with zero attached hydrogens (tertiary/aromatic N) is 5. The number of benzene rings is 7. The van der Waals surface area contributed by atoms with Crippen molar-refractivity contribution in [2.45, 2.75) is 0 Å². The predicted octanol–water partition coefficient (Wildman–Crippen LogP) is 10.8. The molecule has 0 atom stereocenters. The normalized spacial score (nSPS) is 11.1. The molecule has 9 aromatic rings. The summed E-state index contributed by atoms with van der Waals surface area (Å²) < 4.78 is 4.51. The van der Waals surface area contributed by atoms with Gasteiger partial charge in [-0.15, -0.1) is 0 Å². The van der Waals surface area contributed by atoms with Crippen LogP contribution in [0.5, 0.6) is 0 Å². The summed E-state index contributed by atoms with van der Waals surface area (Å²) in [7, 11) is 0. The fraction of sp³-hybridized carbons (Fsp3) is 0. The summed E-state index contributed by atoms with van der Waals surface area (Å²) >= 11 is 0. The zero-order valence-corrected chi connectivity index (χ0v) is 26.7. The Kier molecular flexibility index (Phi) is 6.56. The summed E-state index contributed by atoms with van der Waals surface area (Å²) in [5.41, 5.74) is 12.0. The Hall–Kier alpha value is -7.39. The van der Waals surface area contributed by atoms with E-state index in [-0.39, 0.29) is 0 Å². The minimum absolute atomic E-state index is 0.575. The van der Waals surface area contributed by atoms with Gasteiger partial charge in [0.2, 0.25) is 0 Å². The molecule has 0 unspecified atom stereocenters. The highest BCUT2D eigenvalue weighted by Crippen LogP contribution is 2.44. The Morgan fingerprint density at radius 2 is 0.880 bits per heavy atom. The van der Waals surface area contributed by atoms with E-state index in [0.29, 0.717) is 16.7 Å². The Morgan fingerprint density at radius 1 is 0.360 bits per heavy atom. The first-order valence-electron chi connectivity index (χ1n) is 16.3. The van der Waals surface area contributed by atoms with Crippen LogP contribution in [0.3, 0.4) is 0 Å². The number of para-hydroxylation sites is 3. The number of aromatic nitrogens is 2. The number of rotatable bonds is 4. The van der Waals surface area contributed by atoms with Crippen LogP contribution >= 0.6 is 0 Å². The molecule has 2 heterocycles. The molecular weight excluding hydrogens is 611 g/mol. The maximum Gasteiger partial charge on any atom is 0.0992 e. The summed E-state index contributed by atoms with van der Waals surface area (Å²) in [6, 6.07) is 57.9. The van der Waals surface area contributed by atoms with Crippen LogP contribution in [-0.2, 0) is 0 Å². The van der Waals surface area contributed by atoms with Crippen LogP contribution < -0.4 is 0 Å². The smallest absolute Gasteiger partial charge is 0.0992 e. The third kappa shape index (κ3) is 4.31. The van der Waals surface area contributed by atoms with Crippen molar-refractivity contribution in [2.75, 3.05) is 0 Å². The molecule has 7 aromatic carbocycles. The highest BCUT2D eigenvalue weighted by atomic mass is 15.0. The number of fused-ring (bicyclic) bond motifs is 6. The van der Waals surface area contributed by atoms with Gasteiger partial charge in [-0.25, -0.2) is 0 Å². The van der Waals surface area contributed by atoms with E-state index in [1.165, 1.54) is 0 Å². The molecule has 230 valence electrons. The van der Waals surface area contributed by atoms with E-state index in [1.54, 1.807) is 0 Å². The maximum absolute atomic E-state index is 9.81. The second kappa shape index (κ2) is 11.4. The molecule has 0 saturated heterocycles. The molecule has 0 radical (unpaired) electrons. The van der Waals surface area contributed by atoms with Crippen LogP contribution in [0.2, 0.25) is 0 Å². The zero-order valence-electron chi connectivity index (χ0n) is 26.7. The van der Waals surface area contributed by atoms with Crippen molar-refractivity contribution in [3.8, 4) is 51.8 Å². The minimum atomic E-state index is 0.575. The number of hydrogen-bond donors (Lipinski definition) is 0. The average molecular weight is 636 g/mol. The summed E-state index contributed by atoms with van der Waals surface area (Å²) in [5.74, 6) is 0. The maximum atomic E-state index is 9.81. The van der Waals surface area contributed by atoms with Crippen LogP contribution in [0.4, 0.5) is 0 Å². The predicted molar refractivity (Wildman–Crippen MR) is 200 cm³/mol. The quantitative estimate of drug-likeness (QED) is 0.193. The minimum Gasteiger partial charge on any atom is -0.309 e. The first-order chi connectivity index (χ1) is 24.7. The molecular formula is C45H25N5. The van der Waals surface area contributed by atoms with Crippen molar-refractivity contribution in [2.24, 2.45) is 0 Å². The van der Waals surface area contributed by atoms with Crippen LogP contribution in [-0.4, -0.2) is 9.13 Å². The van der Waals surface area contributed by atoms with Crippen LogP contribution in [0.25, 0.3) is 77.2 Å². The van der Waals surface area contributed by atoms with Gasteiger partial charge in [0, 0.05) is 38.4 Å². The van der Waals surface area contributed by atoms with E-state index in [1.807, 2.05) is 66.7 Å². The Bertz CT molecular complexity index is 2970. The van der Waals surface area contributed by atoms with Crippen molar-refractivity contribution < 1.29 is 0 Å². The van der Waals surface area contributed by atoms with E-state index in [2.05, 4.69) is 112 Å². The van der Waals surface area contributed by atoms with Gasteiger partial charge in [-0.05, 0) is 77.9 Å². The van der Waals surface area contributed by atoms with Gasteiger partial charge in [0.15, 0.2) is 0 Å². The lowest BCUT2D eigenvalue weighted by atomic mass is 9.92. The summed E-state index contributed by atoms with van der Waals surface area (Å²) in [6.45, 7) is 0. The van der Waals surface area contributed by atoms with E-state index in [9.17, 15) is 15.8 Å². The first-order valence-corrected chi connectivity index (χ1v) is 16.3. The Balaban J connectivity index is 1.36. The Labute approximate surface area is 287 Å².